The standard InChI is InChI=1S/C14H13NO5/c1-18-9-6-7-10(14(16)17)11(8-9)20-13-5-3-4-12(15-13)19-2/h3-8H,1-2H3,(H,16,17). The molecule has 0 aliphatic heterocycles. The van der Waals surface area contributed by atoms with Gasteiger partial charge in [-0.1, -0.05) is 6.07 Å². The normalized spacial score (nSPS) is 9.90. The molecule has 6 heteroatoms. The summed E-state index contributed by atoms with van der Waals surface area (Å²) in [5.74, 6) is 0.165. The van der Waals surface area contributed by atoms with Gasteiger partial charge in [-0.15, -0.1) is 0 Å². The molecule has 0 atom stereocenters. The second kappa shape index (κ2) is 5.92. The zero-order chi connectivity index (χ0) is 14.5. The number of rotatable bonds is 5. The highest BCUT2D eigenvalue weighted by Gasteiger charge is 2.14. The van der Waals surface area contributed by atoms with Crippen molar-refractivity contribution in [3.63, 3.8) is 0 Å². The van der Waals surface area contributed by atoms with Gasteiger partial charge in [-0.25, -0.2) is 4.79 Å². The quantitative estimate of drug-likeness (QED) is 0.903. The third-order valence-electron chi connectivity index (χ3n) is 2.54. The zero-order valence-electron chi connectivity index (χ0n) is 11.0. The van der Waals surface area contributed by atoms with E-state index in [1.54, 1.807) is 24.3 Å². The van der Waals surface area contributed by atoms with Crippen LogP contribution in [-0.4, -0.2) is 30.3 Å². The molecule has 1 heterocycles. The SMILES string of the molecule is COc1ccc(C(=O)O)c(Oc2cccc(OC)n2)c1. The highest BCUT2D eigenvalue weighted by Crippen LogP contribution is 2.29. The monoisotopic (exact) mass is 275 g/mol. The van der Waals surface area contributed by atoms with Gasteiger partial charge in [0.2, 0.25) is 11.8 Å². The second-order valence-corrected chi connectivity index (χ2v) is 3.79. The van der Waals surface area contributed by atoms with Gasteiger partial charge in [-0.05, 0) is 12.1 Å². The summed E-state index contributed by atoms with van der Waals surface area (Å²) in [5.41, 5.74) is 0.0235. The first-order valence-electron chi connectivity index (χ1n) is 5.74. The third-order valence-corrected chi connectivity index (χ3v) is 2.54. The summed E-state index contributed by atoms with van der Waals surface area (Å²) in [5, 5.41) is 9.14. The molecule has 0 amide bonds. The van der Waals surface area contributed by atoms with E-state index in [-0.39, 0.29) is 17.2 Å². The molecule has 2 aromatic rings. The Morgan fingerprint density at radius 2 is 1.85 bits per heavy atom. The molecule has 0 spiro atoms. The van der Waals surface area contributed by atoms with Crippen LogP contribution in [0.1, 0.15) is 10.4 Å². The van der Waals surface area contributed by atoms with Crippen molar-refractivity contribution in [2.45, 2.75) is 0 Å². The van der Waals surface area contributed by atoms with E-state index in [9.17, 15) is 4.79 Å². The van der Waals surface area contributed by atoms with Crippen LogP contribution in [0.15, 0.2) is 36.4 Å². The first-order chi connectivity index (χ1) is 9.63. The molecule has 0 saturated heterocycles. The number of aromatic nitrogens is 1. The lowest BCUT2D eigenvalue weighted by Crippen LogP contribution is -2.01. The molecule has 1 N–H and O–H groups in total. The van der Waals surface area contributed by atoms with E-state index in [0.717, 1.165) is 0 Å². The third kappa shape index (κ3) is 2.97. The average Bonchev–Trinajstić information content (AvgIpc) is 2.47. The van der Waals surface area contributed by atoms with Crippen LogP contribution < -0.4 is 14.2 Å². The van der Waals surface area contributed by atoms with Gasteiger partial charge in [0.1, 0.15) is 17.1 Å². The Kier molecular flexibility index (Phi) is 4.05. The summed E-state index contributed by atoms with van der Waals surface area (Å²) in [6, 6.07) is 9.42. The van der Waals surface area contributed by atoms with Gasteiger partial charge in [0.05, 0.1) is 14.2 Å². The molecular formula is C14H13NO5. The van der Waals surface area contributed by atoms with Crippen LogP contribution in [0.25, 0.3) is 0 Å². The number of nitrogens with zero attached hydrogens (tertiary/aromatic N) is 1. The van der Waals surface area contributed by atoms with Gasteiger partial charge in [-0.3, -0.25) is 0 Å². The molecule has 0 radical (unpaired) electrons. The lowest BCUT2D eigenvalue weighted by atomic mass is 10.2. The molecule has 0 aliphatic rings. The van der Waals surface area contributed by atoms with Crippen molar-refractivity contribution in [1.29, 1.82) is 0 Å². The summed E-state index contributed by atoms with van der Waals surface area (Å²) in [7, 11) is 2.98. The zero-order valence-corrected chi connectivity index (χ0v) is 11.0. The number of hydrogen-bond donors (Lipinski definition) is 1. The number of carboxylic acids is 1. The van der Waals surface area contributed by atoms with Gasteiger partial charge < -0.3 is 19.3 Å². The van der Waals surface area contributed by atoms with Gasteiger partial charge in [0, 0.05) is 18.2 Å². The molecule has 104 valence electrons. The summed E-state index contributed by atoms with van der Waals surface area (Å²) in [4.78, 5) is 15.2. The van der Waals surface area contributed by atoms with Crippen molar-refractivity contribution < 1.29 is 24.1 Å². The number of pyridine rings is 1. The Labute approximate surface area is 115 Å². The van der Waals surface area contributed by atoms with Gasteiger partial charge in [-0.2, -0.15) is 4.98 Å². The van der Waals surface area contributed by atoms with E-state index < -0.39 is 5.97 Å². The molecule has 0 bridgehead atoms. The van der Waals surface area contributed by atoms with Crippen molar-refractivity contribution >= 4 is 5.97 Å². The fourth-order valence-electron chi connectivity index (χ4n) is 1.57. The van der Waals surface area contributed by atoms with Gasteiger partial charge >= 0.3 is 5.97 Å². The Morgan fingerprint density at radius 3 is 2.50 bits per heavy atom. The molecular weight excluding hydrogens is 262 g/mol. The summed E-state index contributed by atoms with van der Waals surface area (Å²) >= 11 is 0. The van der Waals surface area contributed by atoms with Crippen LogP contribution in [0.4, 0.5) is 0 Å². The lowest BCUT2D eigenvalue weighted by Gasteiger charge is -2.10. The van der Waals surface area contributed by atoms with E-state index in [1.165, 1.54) is 26.4 Å². The molecule has 20 heavy (non-hydrogen) atoms. The van der Waals surface area contributed by atoms with E-state index in [0.29, 0.717) is 11.6 Å². The summed E-state index contributed by atoms with van der Waals surface area (Å²) in [6.07, 6.45) is 0. The fraction of sp³-hybridized carbons (Fsp3) is 0.143. The molecule has 1 aromatic heterocycles. The first-order valence-corrected chi connectivity index (χ1v) is 5.74. The highest BCUT2D eigenvalue weighted by atomic mass is 16.5. The molecule has 0 unspecified atom stereocenters. The van der Waals surface area contributed by atoms with Gasteiger partial charge in [0.25, 0.3) is 0 Å². The van der Waals surface area contributed by atoms with Crippen molar-refractivity contribution in [3.8, 4) is 23.3 Å². The molecule has 0 fully saturated rings. The molecule has 0 saturated carbocycles. The van der Waals surface area contributed by atoms with E-state index in [1.807, 2.05) is 0 Å². The maximum Gasteiger partial charge on any atom is 0.339 e. The number of benzene rings is 1. The van der Waals surface area contributed by atoms with Crippen LogP contribution in [0.5, 0.6) is 23.3 Å². The van der Waals surface area contributed by atoms with Crippen molar-refractivity contribution in [2.75, 3.05) is 14.2 Å². The van der Waals surface area contributed by atoms with Gasteiger partial charge in [0.15, 0.2) is 0 Å². The fourth-order valence-corrected chi connectivity index (χ4v) is 1.57. The van der Waals surface area contributed by atoms with Crippen LogP contribution in [0.2, 0.25) is 0 Å². The van der Waals surface area contributed by atoms with Crippen molar-refractivity contribution in [3.05, 3.63) is 42.0 Å². The number of aromatic carboxylic acids is 1. The highest BCUT2D eigenvalue weighted by molar-refractivity contribution is 5.91. The number of methoxy groups -OCH3 is 2. The maximum atomic E-state index is 11.2. The number of hydrogen-bond acceptors (Lipinski definition) is 5. The van der Waals surface area contributed by atoms with Crippen molar-refractivity contribution in [2.24, 2.45) is 0 Å². The molecule has 2 rings (SSSR count). The van der Waals surface area contributed by atoms with E-state index in [4.69, 9.17) is 19.3 Å². The summed E-state index contributed by atoms with van der Waals surface area (Å²) in [6.45, 7) is 0. The predicted octanol–water partition coefficient (Wildman–Crippen LogP) is 2.59. The molecule has 6 nitrogen and oxygen atoms in total. The molecule has 1 aromatic carbocycles. The smallest absolute Gasteiger partial charge is 0.339 e. The maximum absolute atomic E-state index is 11.2. The van der Waals surface area contributed by atoms with Crippen LogP contribution in [0, 0.1) is 0 Å². The van der Waals surface area contributed by atoms with E-state index in [2.05, 4.69) is 4.98 Å². The first kappa shape index (κ1) is 13.7. The van der Waals surface area contributed by atoms with Crippen molar-refractivity contribution in [1.82, 2.24) is 4.98 Å². The minimum Gasteiger partial charge on any atom is -0.497 e. The topological polar surface area (TPSA) is 77.9 Å². The Bertz CT molecular complexity index is 627. The van der Waals surface area contributed by atoms with E-state index >= 15 is 0 Å². The Hall–Kier alpha value is -2.76. The average molecular weight is 275 g/mol. The summed E-state index contributed by atoms with van der Waals surface area (Å²) < 4.78 is 15.5. The van der Waals surface area contributed by atoms with Crippen LogP contribution >= 0.6 is 0 Å². The number of carboxylic acid groups (broad SMARTS) is 1. The second-order valence-electron chi connectivity index (χ2n) is 3.79. The van der Waals surface area contributed by atoms with Crippen LogP contribution in [0.3, 0.4) is 0 Å². The minimum absolute atomic E-state index is 0.0235. The van der Waals surface area contributed by atoms with Crippen LogP contribution in [-0.2, 0) is 0 Å². The Balaban J connectivity index is 2.37. The minimum atomic E-state index is -1.09. The predicted molar refractivity (Wildman–Crippen MR) is 70.8 cm³/mol. The Morgan fingerprint density at radius 1 is 1.10 bits per heavy atom. The molecule has 0 aliphatic carbocycles. The largest absolute Gasteiger partial charge is 0.497 e. The number of ether oxygens (including phenoxy) is 3. The number of carbonyl (C=O) groups is 1. The lowest BCUT2D eigenvalue weighted by molar-refractivity contribution is 0.0694.